The van der Waals surface area contributed by atoms with Gasteiger partial charge in [-0.15, -0.1) is 0 Å². The second-order valence-electron chi connectivity index (χ2n) is 2.45. The SMILES string of the molecule is OC(Cl)c1ccc2c(c1)OCO2. The highest BCUT2D eigenvalue weighted by Gasteiger charge is 2.14. The maximum atomic E-state index is 9.02. The molecule has 1 aromatic carbocycles. The summed E-state index contributed by atoms with van der Waals surface area (Å²) in [6.45, 7) is 0.233. The molecule has 0 spiro atoms. The van der Waals surface area contributed by atoms with Crippen molar-refractivity contribution >= 4 is 11.6 Å². The molecular weight excluding hydrogens is 180 g/mol. The summed E-state index contributed by atoms with van der Waals surface area (Å²) in [6, 6.07) is 5.09. The van der Waals surface area contributed by atoms with Crippen LogP contribution in [0.1, 0.15) is 11.1 Å². The van der Waals surface area contributed by atoms with E-state index in [0.717, 1.165) is 0 Å². The van der Waals surface area contributed by atoms with Crippen molar-refractivity contribution in [1.29, 1.82) is 0 Å². The second kappa shape index (κ2) is 2.84. The Labute approximate surface area is 74.5 Å². The van der Waals surface area contributed by atoms with Crippen LogP contribution in [0.4, 0.5) is 0 Å². The van der Waals surface area contributed by atoms with Gasteiger partial charge in [-0.3, -0.25) is 0 Å². The molecule has 1 aliphatic rings. The first-order chi connectivity index (χ1) is 5.77. The van der Waals surface area contributed by atoms with Crippen molar-refractivity contribution in [3.05, 3.63) is 23.8 Å². The van der Waals surface area contributed by atoms with E-state index in [2.05, 4.69) is 0 Å². The topological polar surface area (TPSA) is 38.7 Å². The quantitative estimate of drug-likeness (QED) is 0.678. The van der Waals surface area contributed by atoms with Crippen LogP contribution in [0.2, 0.25) is 0 Å². The highest BCUT2D eigenvalue weighted by atomic mass is 35.5. The number of aliphatic hydroxyl groups excluding tert-OH is 1. The average molecular weight is 187 g/mol. The molecule has 1 unspecified atom stereocenters. The molecule has 0 radical (unpaired) electrons. The Morgan fingerprint density at radius 2 is 2.08 bits per heavy atom. The summed E-state index contributed by atoms with van der Waals surface area (Å²) >= 11 is 5.46. The Morgan fingerprint density at radius 3 is 2.83 bits per heavy atom. The van der Waals surface area contributed by atoms with Gasteiger partial charge < -0.3 is 14.6 Å². The van der Waals surface area contributed by atoms with Gasteiger partial charge in [0.2, 0.25) is 6.79 Å². The summed E-state index contributed by atoms with van der Waals surface area (Å²) in [5.41, 5.74) is -0.375. The maximum absolute atomic E-state index is 9.02. The van der Waals surface area contributed by atoms with E-state index in [1.165, 1.54) is 0 Å². The van der Waals surface area contributed by atoms with E-state index < -0.39 is 5.56 Å². The van der Waals surface area contributed by atoms with E-state index in [-0.39, 0.29) is 6.79 Å². The van der Waals surface area contributed by atoms with E-state index in [9.17, 15) is 0 Å². The molecule has 0 fully saturated rings. The third-order valence-electron chi connectivity index (χ3n) is 1.67. The molecule has 1 N–H and O–H groups in total. The first-order valence-electron chi connectivity index (χ1n) is 3.49. The lowest BCUT2D eigenvalue weighted by molar-refractivity contribution is 0.173. The van der Waals surface area contributed by atoms with Gasteiger partial charge in [0.15, 0.2) is 17.1 Å². The Bertz CT molecular complexity index is 298. The summed E-state index contributed by atoms with van der Waals surface area (Å²) < 4.78 is 10.2. The third-order valence-corrected chi connectivity index (χ3v) is 1.92. The van der Waals surface area contributed by atoms with Crippen LogP contribution in [-0.2, 0) is 0 Å². The predicted octanol–water partition coefficient (Wildman–Crippen LogP) is 1.65. The zero-order valence-electron chi connectivity index (χ0n) is 6.16. The zero-order valence-corrected chi connectivity index (χ0v) is 6.91. The summed E-state index contributed by atoms with van der Waals surface area (Å²) in [5, 5.41) is 9.02. The van der Waals surface area contributed by atoms with Crippen LogP contribution in [0.25, 0.3) is 0 Å². The van der Waals surface area contributed by atoms with Crippen molar-refractivity contribution in [2.24, 2.45) is 0 Å². The van der Waals surface area contributed by atoms with Crippen molar-refractivity contribution in [2.45, 2.75) is 5.56 Å². The van der Waals surface area contributed by atoms with Gasteiger partial charge in [-0.25, -0.2) is 0 Å². The molecule has 0 aromatic heterocycles. The van der Waals surface area contributed by atoms with Crippen LogP contribution < -0.4 is 9.47 Å². The van der Waals surface area contributed by atoms with E-state index in [1.54, 1.807) is 18.2 Å². The van der Waals surface area contributed by atoms with E-state index >= 15 is 0 Å². The number of benzene rings is 1. The first-order valence-corrected chi connectivity index (χ1v) is 3.93. The number of hydrogen-bond acceptors (Lipinski definition) is 3. The summed E-state index contributed by atoms with van der Waals surface area (Å²) in [5.74, 6) is 1.32. The van der Waals surface area contributed by atoms with Crippen LogP contribution in [0.15, 0.2) is 18.2 Å². The number of hydrogen-bond donors (Lipinski definition) is 1. The third kappa shape index (κ3) is 1.21. The van der Waals surface area contributed by atoms with Gasteiger partial charge in [-0.2, -0.15) is 0 Å². The van der Waals surface area contributed by atoms with Gasteiger partial charge in [-0.1, -0.05) is 17.7 Å². The van der Waals surface area contributed by atoms with E-state index in [1.807, 2.05) is 0 Å². The first kappa shape index (κ1) is 7.71. The monoisotopic (exact) mass is 186 g/mol. The number of ether oxygens (including phenoxy) is 2. The van der Waals surface area contributed by atoms with Crippen molar-refractivity contribution in [1.82, 2.24) is 0 Å². The summed E-state index contributed by atoms with van der Waals surface area (Å²) in [7, 11) is 0. The molecule has 1 heterocycles. The van der Waals surface area contributed by atoms with Crippen LogP contribution >= 0.6 is 11.6 Å². The largest absolute Gasteiger partial charge is 0.454 e. The molecule has 0 amide bonds. The minimum Gasteiger partial charge on any atom is -0.454 e. The minimum atomic E-state index is -0.987. The fourth-order valence-corrected chi connectivity index (χ4v) is 1.20. The maximum Gasteiger partial charge on any atom is 0.231 e. The van der Waals surface area contributed by atoms with Gasteiger partial charge >= 0.3 is 0 Å². The van der Waals surface area contributed by atoms with Crippen molar-refractivity contribution in [3.8, 4) is 11.5 Å². The Balaban J connectivity index is 2.39. The molecule has 0 saturated heterocycles. The highest BCUT2D eigenvalue weighted by molar-refractivity contribution is 6.19. The molecule has 64 valence electrons. The lowest BCUT2D eigenvalue weighted by atomic mass is 10.2. The van der Waals surface area contributed by atoms with Gasteiger partial charge in [0.1, 0.15) is 0 Å². The standard InChI is InChI=1S/C8H7ClO3/c9-8(10)5-1-2-6-7(3-5)12-4-11-6/h1-3,8,10H,4H2. The van der Waals surface area contributed by atoms with Gasteiger partial charge in [0.05, 0.1) is 0 Å². The molecule has 0 bridgehead atoms. The summed E-state index contributed by atoms with van der Waals surface area (Å²) in [6.07, 6.45) is 0. The summed E-state index contributed by atoms with van der Waals surface area (Å²) in [4.78, 5) is 0. The van der Waals surface area contributed by atoms with Crippen LogP contribution in [0, 0.1) is 0 Å². The molecule has 0 saturated carbocycles. The molecule has 2 rings (SSSR count). The fourth-order valence-electron chi connectivity index (χ4n) is 1.06. The highest BCUT2D eigenvalue weighted by Crippen LogP contribution is 2.34. The molecule has 1 aromatic rings. The minimum absolute atomic E-state index is 0.233. The van der Waals surface area contributed by atoms with E-state index in [0.29, 0.717) is 17.1 Å². The van der Waals surface area contributed by atoms with Crippen LogP contribution in [-0.4, -0.2) is 11.9 Å². The van der Waals surface area contributed by atoms with Crippen LogP contribution in [0.5, 0.6) is 11.5 Å². The normalized spacial score (nSPS) is 16.2. The zero-order chi connectivity index (χ0) is 8.55. The average Bonchev–Trinajstić information content (AvgIpc) is 2.49. The fraction of sp³-hybridized carbons (Fsp3) is 0.250. The van der Waals surface area contributed by atoms with Crippen molar-refractivity contribution in [2.75, 3.05) is 6.79 Å². The van der Waals surface area contributed by atoms with Gasteiger partial charge in [0.25, 0.3) is 0 Å². The Kier molecular flexibility index (Phi) is 1.83. The molecule has 3 nitrogen and oxygen atoms in total. The Hall–Kier alpha value is -0.930. The number of aliphatic hydroxyl groups is 1. The van der Waals surface area contributed by atoms with Gasteiger partial charge in [-0.05, 0) is 17.7 Å². The van der Waals surface area contributed by atoms with Crippen molar-refractivity contribution < 1.29 is 14.6 Å². The number of alkyl halides is 1. The Morgan fingerprint density at radius 1 is 1.33 bits per heavy atom. The number of fused-ring (bicyclic) bond motifs is 1. The number of halogens is 1. The number of rotatable bonds is 1. The predicted molar refractivity (Wildman–Crippen MR) is 43.4 cm³/mol. The van der Waals surface area contributed by atoms with Crippen molar-refractivity contribution in [3.63, 3.8) is 0 Å². The second-order valence-corrected chi connectivity index (χ2v) is 2.86. The molecule has 4 heteroatoms. The van der Waals surface area contributed by atoms with Crippen LogP contribution in [0.3, 0.4) is 0 Å². The molecular formula is C8H7ClO3. The molecule has 12 heavy (non-hydrogen) atoms. The van der Waals surface area contributed by atoms with Gasteiger partial charge in [0, 0.05) is 0 Å². The molecule has 1 atom stereocenters. The van der Waals surface area contributed by atoms with E-state index in [4.69, 9.17) is 26.2 Å². The molecule has 0 aliphatic carbocycles. The lowest BCUT2D eigenvalue weighted by Crippen LogP contribution is -1.93. The smallest absolute Gasteiger partial charge is 0.231 e. The molecule has 1 aliphatic heterocycles. The lowest BCUT2D eigenvalue weighted by Gasteiger charge is -2.02.